The van der Waals surface area contributed by atoms with Gasteiger partial charge >= 0.3 is 0 Å². The van der Waals surface area contributed by atoms with Gasteiger partial charge in [0.1, 0.15) is 11.4 Å². The summed E-state index contributed by atoms with van der Waals surface area (Å²) in [6.45, 7) is 0.626. The van der Waals surface area contributed by atoms with E-state index in [1.165, 1.54) is 11.3 Å². The maximum absolute atomic E-state index is 12.3. The Hall–Kier alpha value is -1.88. The highest BCUT2D eigenvalue weighted by atomic mass is 32.1. The van der Waals surface area contributed by atoms with Crippen LogP contribution in [0.1, 0.15) is 22.5 Å². The molecule has 0 radical (unpaired) electrons. The minimum Gasteiger partial charge on any atom is -0.506 e. The number of phenolic OH excluding ortho intramolecular Hbond substituents is 1. The van der Waals surface area contributed by atoms with E-state index in [4.69, 9.17) is 0 Å². The second-order valence-corrected chi connectivity index (χ2v) is 4.94. The number of aromatic nitrogens is 1. The lowest BCUT2D eigenvalue weighted by Crippen LogP contribution is -2.35. The summed E-state index contributed by atoms with van der Waals surface area (Å²) in [4.78, 5) is 18.0. The predicted molar refractivity (Wildman–Crippen MR) is 70.2 cm³/mol. The zero-order valence-corrected chi connectivity index (χ0v) is 10.5. The SMILES string of the molecule is O=C(c1cscn1)N1CCCc2cccc(O)c21. The number of nitrogens with zero attached hydrogens (tertiary/aromatic N) is 2. The molecule has 18 heavy (non-hydrogen) atoms. The van der Waals surface area contributed by atoms with Gasteiger partial charge in [-0.25, -0.2) is 4.98 Å². The Balaban J connectivity index is 2.04. The van der Waals surface area contributed by atoms with Gasteiger partial charge in [-0.3, -0.25) is 4.79 Å². The smallest absolute Gasteiger partial charge is 0.277 e. The summed E-state index contributed by atoms with van der Waals surface area (Å²) in [5.41, 5.74) is 3.74. The van der Waals surface area contributed by atoms with Gasteiger partial charge in [-0.15, -0.1) is 11.3 Å². The summed E-state index contributed by atoms with van der Waals surface area (Å²) in [5.74, 6) is 0.0227. The van der Waals surface area contributed by atoms with Crippen molar-refractivity contribution in [2.45, 2.75) is 12.8 Å². The lowest BCUT2D eigenvalue weighted by Gasteiger charge is -2.29. The van der Waals surface area contributed by atoms with Crippen molar-refractivity contribution in [2.75, 3.05) is 11.4 Å². The molecular weight excluding hydrogens is 248 g/mol. The summed E-state index contributed by atoms with van der Waals surface area (Å²) >= 11 is 1.40. The summed E-state index contributed by atoms with van der Waals surface area (Å²) in [6.07, 6.45) is 1.80. The van der Waals surface area contributed by atoms with E-state index in [0.29, 0.717) is 17.9 Å². The largest absolute Gasteiger partial charge is 0.506 e. The monoisotopic (exact) mass is 260 g/mol. The minimum atomic E-state index is -0.140. The zero-order chi connectivity index (χ0) is 12.5. The number of fused-ring (bicyclic) bond motifs is 1. The van der Waals surface area contributed by atoms with Crippen LogP contribution in [0.25, 0.3) is 0 Å². The zero-order valence-electron chi connectivity index (χ0n) is 9.67. The number of carbonyl (C=O) groups excluding carboxylic acids is 1. The van der Waals surface area contributed by atoms with Crippen molar-refractivity contribution in [3.05, 3.63) is 40.3 Å². The average molecular weight is 260 g/mol. The molecule has 0 atom stereocenters. The molecule has 1 aromatic heterocycles. The highest BCUT2D eigenvalue weighted by molar-refractivity contribution is 7.07. The third-order valence-corrected chi connectivity index (χ3v) is 3.68. The van der Waals surface area contributed by atoms with Gasteiger partial charge in [0.05, 0.1) is 11.2 Å². The number of carbonyl (C=O) groups is 1. The molecule has 0 saturated heterocycles. The van der Waals surface area contributed by atoms with Gasteiger partial charge in [0.15, 0.2) is 0 Å². The molecule has 92 valence electrons. The van der Waals surface area contributed by atoms with Crippen molar-refractivity contribution in [3.63, 3.8) is 0 Å². The molecule has 4 nitrogen and oxygen atoms in total. The number of hydrogen-bond acceptors (Lipinski definition) is 4. The maximum atomic E-state index is 12.3. The molecule has 0 aliphatic carbocycles. The molecule has 0 saturated carbocycles. The van der Waals surface area contributed by atoms with E-state index in [1.54, 1.807) is 21.9 Å². The van der Waals surface area contributed by atoms with Gasteiger partial charge in [0.25, 0.3) is 5.91 Å². The van der Waals surface area contributed by atoms with Crippen molar-refractivity contribution in [1.29, 1.82) is 0 Å². The third-order valence-electron chi connectivity index (χ3n) is 3.09. The van der Waals surface area contributed by atoms with E-state index in [9.17, 15) is 9.90 Å². The molecule has 3 rings (SSSR count). The topological polar surface area (TPSA) is 53.4 Å². The first-order valence-corrected chi connectivity index (χ1v) is 6.72. The number of benzene rings is 1. The van der Waals surface area contributed by atoms with E-state index in [0.717, 1.165) is 18.4 Å². The fraction of sp³-hybridized carbons (Fsp3) is 0.231. The van der Waals surface area contributed by atoms with E-state index in [-0.39, 0.29) is 11.7 Å². The van der Waals surface area contributed by atoms with Crippen LogP contribution in [0.4, 0.5) is 5.69 Å². The second-order valence-electron chi connectivity index (χ2n) is 4.22. The van der Waals surface area contributed by atoms with Crippen molar-refractivity contribution in [2.24, 2.45) is 0 Å². The second kappa shape index (κ2) is 4.42. The molecule has 0 unspecified atom stereocenters. The van der Waals surface area contributed by atoms with Crippen LogP contribution in [0.2, 0.25) is 0 Å². The first kappa shape index (κ1) is 11.2. The summed E-state index contributed by atoms with van der Waals surface area (Å²) in [5, 5.41) is 11.7. The number of hydrogen-bond donors (Lipinski definition) is 1. The molecule has 0 bridgehead atoms. The minimum absolute atomic E-state index is 0.140. The van der Waals surface area contributed by atoms with Gasteiger partial charge in [0.2, 0.25) is 0 Å². The highest BCUT2D eigenvalue weighted by Gasteiger charge is 2.26. The molecule has 5 heteroatoms. The van der Waals surface area contributed by atoms with Crippen molar-refractivity contribution < 1.29 is 9.90 Å². The molecule has 2 heterocycles. The number of para-hydroxylation sites is 1. The number of aromatic hydroxyl groups is 1. The van der Waals surface area contributed by atoms with Crippen LogP contribution in [0.5, 0.6) is 5.75 Å². The predicted octanol–water partition coefficient (Wildman–Crippen LogP) is 2.44. The Morgan fingerprint density at radius 2 is 2.33 bits per heavy atom. The Bertz CT molecular complexity index is 581. The molecule has 0 spiro atoms. The van der Waals surface area contributed by atoms with Gasteiger partial charge in [-0.1, -0.05) is 12.1 Å². The summed E-state index contributed by atoms with van der Waals surface area (Å²) < 4.78 is 0. The van der Waals surface area contributed by atoms with Gasteiger partial charge in [0, 0.05) is 11.9 Å². The van der Waals surface area contributed by atoms with Crippen LogP contribution in [0.3, 0.4) is 0 Å². The fourth-order valence-electron chi connectivity index (χ4n) is 2.29. The van der Waals surface area contributed by atoms with Crippen molar-refractivity contribution >= 4 is 22.9 Å². The molecule has 1 N–H and O–H groups in total. The summed E-state index contributed by atoms with van der Waals surface area (Å²) in [7, 11) is 0. The van der Waals surface area contributed by atoms with Crippen LogP contribution in [-0.2, 0) is 6.42 Å². The molecule has 1 aliphatic rings. The molecule has 1 amide bonds. The highest BCUT2D eigenvalue weighted by Crippen LogP contribution is 2.36. The molecular formula is C13H12N2O2S. The standard InChI is InChI=1S/C13H12N2O2S/c16-11-5-1-3-9-4-2-6-15(12(9)11)13(17)10-7-18-8-14-10/h1,3,5,7-8,16H,2,4,6H2. The first-order chi connectivity index (χ1) is 8.77. The Morgan fingerprint density at radius 1 is 1.44 bits per heavy atom. The average Bonchev–Trinajstić information content (AvgIpc) is 2.91. The van der Waals surface area contributed by atoms with Gasteiger partial charge in [-0.2, -0.15) is 0 Å². The number of anilines is 1. The quantitative estimate of drug-likeness (QED) is 0.856. The van der Waals surface area contributed by atoms with E-state index in [2.05, 4.69) is 4.98 Å². The van der Waals surface area contributed by atoms with Crippen molar-refractivity contribution in [3.8, 4) is 5.75 Å². The van der Waals surface area contributed by atoms with Gasteiger partial charge in [-0.05, 0) is 24.5 Å². The van der Waals surface area contributed by atoms with Crippen LogP contribution in [0, 0.1) is 0 Å². The fourth-order valence-corrected chi connectivity index (χ4v) is 2.82. The number of rotatable bonds is 1. The number of aryl methyl sites for hydroxylation is 1. The molecule has 1 aliphatic heterocycles. The maximum Gasteiger partial charge on any atom is 0.277 e. The normalized spacial score (nSPS) is 14.3. The Labute approximate surface area is 109 Å². The van der Waals surface area contributed by atoms with Crippen LogP contribution >= 0.6 is 11.3 Å². The van der Waals surface area contributed by atoms with E-state index >= 15 is 0 Å². The number of phenols is 1. The first-order valence-electron chi connectivity index (χ1n) is 5.78. The molecule has 2 aromatic rings. The number of thiazole rings is 1. The van der Waals surface area contributed by atoms with E-state index in [1.807, 2.05) is 12.1 Å². The van der Waals surface area contributed by atoms with Gasteiger partial charge < -0.3 is 10.0 Å². The number of amides is 1. The Morgan fingerprint density at radius 3 is 3.11 bits per heavy atom. The molecule has 1 aromatic carbocycles. The summed E-state index contributed by atoms with van der Waals surface area (Å²) in [6, 6.07) is 5.38. The third kappa shape index (κ3) is 1.76. The Kier molecular flexibility index (Phi) is 2.76. The lowest BCUT2D eigenvalue weighted by atomic mass is 10.0. The molecule has 0 fully saturated rings. The van der Waals surface area contributed by atoms with Crippen LogP contribution in [0.15, 0.2) is 29.1 Å². The van der Waals surface area contributed by atoms with Crippen molar-refractivity contribution in [1.82, 2.24) is 4.98 Å². The van der Waals surface area contributed by atoms with Crippen LogP contribution in [-0.4, -0.2) is 22.5 Å². The van der Waals surface area contributed by atoms with Crippen LogP contribution < -0.4 is 4.90 Å². The lowest BCUT2D eigenvalue weighted by molar-refractivity contribution is 0.0980. The van der Waals surface area contributed by atoms with E-state index < -0.39 is 0 Å².